The molecule has 0 fully saturated rings. The van der Waals surface area contributed by atoms with E-state index in [0.717, 1.165) is 45.7 Å². The second-order valence-corrected chi connectivity index (χ2v) is 14.7. The van der Waals surface area contributed by atoms with Crippen molar-refractivity contribution in [1.82, 2.24) is 4.57 Å². The Morgan fingerprint density at radius 2 is 1.40 bits per heavy atom. The molecule has 5 nitrogen and oxygen atoms in total. The minimum absolute atomic E-state index is 0.108. The first-order valence-electron chi connectivity index (χ1n) is 19.6. The quantitative estimate of drug-likeness (QED) is 0.119. The van der Waals surface area contributed by atoms with E-state index in [4.69, 9.17) is 14.7 Å². The molecular formula is C52H40N4O. The Labute approximate surface area is 333 Å². The molecule has 5 heteroatoms. The molecule has 7 aromatic rings. The van der Waals surface area contributed by atoms with Gasteiger partial charge in [0.25, 0.3) is 0 Å². The number of allylic oxidation sites excluding steroid dienone is 1. The summed E-state index contributed by atoms with van der Waals surface area (Å²) in [4.78, 5) is 14.5. The van der Waals surface area contributed by atoms with E-state index >= 15 is 0 Å². The summed E-state index contributed by atoms with van der Waals surface area (Å²) in [5.74, 6) is 2.48. The number of aromatic nitrogens is 1. The van der Waals surface area contributed by atoms with Crippen molar-refractivity contribution in [2.75, 3.05) is 6.54 Å². The number of hydrogen-bond donors (Lipinski definition) is 0. The van der Waals surface area contributed by atoms with Crippen molar-refractivity contribution < 1.29 is 4.74 Å². The zero-order valence-electron chi connectivity index (χ0n) is 31.4. The number of nitrogens with zero attached hydrogens (tertiary/aromatic N) is 4. The number of hydrogen-bond acceptors (Lipinski definition) is 2. The molecule has 0 saturated heterocycles. The zero-order chi connectivity index (χ0) is 38.1. The van der Waals surface area contributed by atoms with Crippen LogP contribution in [0.15, 0.2) is 203 Å². The van der Waals surface area contributed by atoms with Gasteiger partial charge in [0.05, 0.1) is 17.7 Å². The van der Waals surface area contributed by atoms with Crippen molar-refractivity contribution in [2.24, 2.45) is 15.0 Å². The summed E-state index contributed by atoms with van der Waals surface area (Å²) in [6.07, 6.45) is 12.2. The monoisotopic (exact) mass is 736 g/mol. The maximum absolute atomic E-state index is 6.98. The molecule has 1 aromatic heterocycles. The summed E-state index contributed by atoms with van der Waals surface area (Å²) in [6.45, 7) is 4.29. The van der Waals surface area contributed by atoms with Crippen molar-refractivity contribution in [3.8, 4) is 22.6 Å². The number of ether oxygens (including phenoxy) is 1. The SMILES string of the molecule is C=NC(=NC(=NCC1=CC2Oc3c(cccc3-n3c4c(c5ccccc53)C=CC(c3ccccc3)C4)C2C=C1)c1cccc(-c2ccccc2)c1)c1ccccc1. The van der Waals surface area contributed by atoms with Crippen molar-refractivity contribution in [3.05, 3.63) is 221 Å². The van der Waals surface area contributed by atoms with Crippen LogP contribution in [0.25, 0.3) is 33.8 Å². The third-order valence-electron chi connectivity index (χ3n) is 11.3. The second-order valence-electron chi connectivity index (χ2n) is 14.7. The number of rotatable bonds is 7. The van der Waals surface area contributed by atoms with Crippen LogP contribution in [0.5, 0.6) is 5.75 Å². The molecule has 2 heterocycles. The van der Waals surface area contributed by atoms with Crippen LogP contribution >= 0.6 is 0 Å². The van der Waals surface area contributed by atoms with E-state index in [9.17, 15) is 0 Å². The average Bonchev–Trinajstić information content (AvgIpc) is 3.82. The van der Waals surface area contributed by atoms with Gasteiger partial charge >= 0.3 is 0 Å². The number of aliphatic imine (C=N–C) groups is 3. The summed E-state index contributed by atoms with van der Waals surface area (Å²) in [5.41, 5.74) is 12.5. The van der Waals surface area contributed by atoms with Crippen LogP contribution in [-0.2, 0) is 6.42 Å². The highest BCUT2D eigenvalue weighted by Gasteiger charge is 2.36. The Morgan fingerprint density at radius 1 is 0.684 bits per heavy atom. The third-order valence-corrected chi connectivity index (χ3v) is 11.3. The lowest BCUT2D eigenvalue weighted by atomic mass is 9.87. The molecule has 10 rings (SSSR count). The van der Waals surface area contributed by atoms with Gasteiger partial charge < -0.3 is 9.30 Å². The predicted molar refractivity (Wildman–Crippen MR) is 235 cm³/mol. The van der Waals surface area contributed by atoms with Crippen molar-refractivity contribution in [2.45, 2.75) is 24.4 Å². The molecule has 2 aliphatic carbocycles. The fraction of sp³-hybridized carbons (Fsp3) is 0.0962. The number of para-hydroxylation sites is 2. The summed E-state index contributed by atoms with van der Waals surface area (Å²) in [7, 11) is 0. The first-order valence-corrected chi connectivity index (χ1v) is 19.6. The van der Waals surface area contributed by atoms with Gasteiger partial charge in [-0.2, -0.15) is 0 Å². The van der Waals surface area contributed by atoms with Gasteiger partial charge in [0.1, 0.15) is 11.9 Å². The van der Waals surface area contributed by atoms with Crippen molar-refractivity contribution >= 4 is 35.4 Å². The fourth-order valence-electron chi connectivity index (χ4n) is 8.55. The zero-order valence-corrected chi connectivity index (χ0v) is 31.4. The number of amidine groups is 2. The van der Waals surface area contributed by atoms with Gasteiger partial charge in [-0.1, -0.05) is 164 Å². The van der Waals surface area contributed by atoms with Gasteiger partial charge in [0, 0.05) is 45.2 Å². The molecule has 0 bridgehead atoms. The lowest BCUT2D eigenvalue weighted by Gasteiger charge is -2.21. The smallest absolute Gasteiger partial charge is 0.161 e. The highest BCUT2D eigenvalue weighted by atomic mass is 16.5. The second kappa shape index (κ2) is 14.9. The molecule has 0 N–H and O–H groups in total. The van der Waals surface area contributed by atoms with Crippen LogP contribution in [0.2, 0.25) is 0 Å². The van der Waals surface area contributed by atoms with E-state index in [0.29, 0.717) is 24.1 Å². The topological polar surface area (TPSA) is 51.2 Å². The molecule has 1 aliphatic heterocycles. The van der Waals surface area contributed by atoms with E-state index in [1.807, 2.05) is 36.4 Å². The summed E-state index contributed by atoms with van der Waals surface area (Å²) < 4.78 is 9.43. The van der Waals surface area contributed by atoms with Crippen LogP contribution in [0.1, 0.15) is 45.3 Å². The molecule has 3 atom stereocenters. The highest BCUT2D eigenvalue weighted by molar-refractivity contribution is 6.13. The maximum atomic E-state index is 6.98. The Hall–Kier alpha value is -7.11. The molecule has 57 heavy (non-hydrogen) atoms. The van der Waals surface area contributed by atoms with Crippen LogP contribution < -0.4 is 4.74 Å². The predicted octanol–water partition coefficient (Wildman–Crippen LogP) is 11.6. The van der Waals surface area contributed by atoms with E-state index in [1.54, 1.807) is 0 Å². The number of benzene rings is 6. The Bertz CT molecular complexity index is 2790. The third kappa shape index (κ3) is 6.47. The molecule has 0 saturated carbocycles. The van der Waals surface area contributed by atoms with Crippen molar-refractivity contribution in [3.63, 3.8) is 0 Å². The first-order chi connectivity index (χ1) is 28.2. The standard InChI is InChI=1S/C52H40N4O/c1-53-51(38-19-9-4-10-20-38)55-52(41-22-13-21-39(32-41)36-15-5-2-6-16-36)54-34-35-27-29-44-45-24-14-26-47(50(45)57-49(44)31-35)56-46-25-12-11-23-42(46)43-30-28-40(33-48(43)56)37-17-7-3-8-18-37/h2-32,40,44,49H,1,33-34H2. The first kappa shape index (κ1) is 34.4. The molecule has 3 aliphatic rings. The minimum atomic E-state index is -0.144. The molecule has 0 spiro atoms. The van der Waals surface area contributed by atoms with E-state index in [-0.39, 0.29) is 12.0 Å². The van der Waals surface area contributed by atoms with Gasteiger partial charge in [-0.05, 0) is 59.7 Å². The van der Waals surface area contributed by atoms with Gasteiger partial charge in [-0.25, -0.2) is 9.98 Å². The Kier molecular flexibility index (Phi) is 8.96. The van der Waals surface area contributed by atoms with Crippen LogP contribution in [-0.4, -0.2) is 35.6 Å². The molecule has 3 unspecified atom stereocenters. The normalized spacial score (nSPS) is 18.4. The van der Waals surface area contributed by atoms with Crippen LogP contribution in [0.4, 0.5) is 0 Å². The van der Waals surface area contributed by atoms with Gasteiger partial charge in [0.2, 0.25) is 0 Å². The van der Waals surface area contributed by atoms with Crippen molar-refractivity contribution in [1.29, 1.82) is 0 Å². The molecule has 6 aromatic carbocycles. The van der Waals surface area contributed by atoms with Gasteiger partial charge in [-0.15, -0.1) is 0 Å². The molecule has 0 amide bonds. The molecular weight excluding hydrogens is 697 g/mol. The van der Waals surface area contributed by atoms with E-state index in [1.165, 1.54) is 33.3 Å². The average molecular weight is 737 g/mol. The van der Waals surface area contributed by atoms with Crippen LogP contribution in [0, 0.1) is 0 Å². The summed E-state index contributed by atoms with van der Waals surface area (Å²) >= 11 is 0. The number of fused-ring (bicyclic) bond motifs is 6. The lowest BCUT2D eigenvalue weighted by molar-refractivity contribution is 0.267. The lowest BCUT2D eigenvalue weighted by Crippen LogP contribution is -2.18. The highest BCUT2D eigenvalue weighted by Crippen LogP contribution is 2.47. The molecule has 274 valence electrons. The van der Waals surface area contributed by atoms with Crippen LogP contribution in [0.3, 0.4) is 0 Å². The minimum Gasteiger partial charge on any atom is -0.483 e. The summed E-state index contributed by atoms with van der Waals surface area (Å²) in [6, 6.07) is 54.8. The van der Waals surface area contributed by atoms with E-state index in [2.05, 4.69) is 168 Å². The Balaban J connectivity index is 0.990. The fourth-order valence-corrected chi connectivity index (χ4v) is 8.55. The van der Waals surface area contributed by atoms with Gasteiger partial charge in [0.15, 0.2) is 11.7 Å². The van der Waals surface area contributed by atoms with Gasteiger partial charge in [-0.3, -0.25) is 4.99 Å². The largest absolute Gasteiger partial charge is 0.483 e. The Morgan fingerprint density at radius 3 is 2.23 bits per heavy atom. The van der Waals surface area contributed by atoms with E-state index < -0.39 is 0 Å². The maximum Gasteiger partial charge on any atom is 0.161 e. The summed E-state index contributed by atoms with van der Waals surface area (Å²) in [5, 5.41) is 1.26. The molecule has 0 radical (unpaired) electrons.